The molecule has 0 aliphatic carbocycles. The van der Waals surface area contributed by atoms with Crippen molar-refractivity contribution in [1.82, 2.24) is 9.97 Å². The predicted molar refractivity (Wildman–Crippen MR) is 215 cm³/mol. The van der Waals surface area contributed by atoms with Gasteiger partial charge in [-0.2, -0.15) is 0 Å². The highest BCUT2D eigenvalue weighted by Gasteiger charge is 2.38. The SMILES string of the molecule is [2H]c1cc([2H])c(-c2nc(N3c4c(c5ccccc5c5c4sc4ccccc45)-c4c(ccc5ccccc45)N3c3c([2H])cc([2H])cc3[2H])nc3ccccc23)c([2H])c1. The van der Waals surface area contributed by atoms with Crippen LogP contribution in [0.15, 0.2) is 170 Å². The number of para-hydroxylation sites is 2. The summed E-state index contributed by atoms with van der Waals surface area (Å²) < 4.78 is 55.5. The molecule has 8 aromatic carbocycles. The third-order valence-corrected chi connectivity index (χ3v) is 10.9. The molecule has 10 aromatic rings. The molecule has 1 aliphatic heterocycles. The second kappa shape index (κ2) is 11.0. The first-order valence-electron chi connectivity index (χ1n) is 19.7. The molecule has 0 saturated carbocycles. The number of hydrogen-bond acceptors (Lipinski definition) is 5. The van der Waals surface area contributed by atoms with Gasteiger partial charge in [0.05, 0.1) is 41.2 Å². The van der Waals surface area contributed by atoms with Gasteiger partial charge in [0.15, 0.2) is 0 Å². The first kappa shape index (κ1) is 23.0. The highest BCUT2D eigenvalue weighted by atomic mass is 32.1. The van der Waals surface area contributed by atoms with Gasteiger partial charge in [-0.15, -0.1) is 11.3 Å². The number of benzene rings is 8. The Kier molecular flexibility index (Phi) is 4.94. The number of hydrazine groups is 1. The van der Waals surface area contributed by atoms with Crippen LogP contribution in [0.5, 0.6) is 0 Å². The fourth-order valence-electron chi connectivity index (χ4n) is 7.63. The molecule has 0 amide bonds. The minimum Gasteiger partial charge on any atom is -0.246 e. The monoisotopic (exact) mass is 674 g/mol. The van der Waals surface area contributed by atoms with Gasteiger partial charge in [0, 0.05) is 37.5 Å². The van der Waals surface area contributed by atoms with E-state index < -0.39 is 0 Å². The fraction of sp³-hybridized carbons (Fsp3) is 0. The largest absolute Gasteiger partial charge is 0.251 e. The lowest BCUT2D eigenvalue weighted by molar-refractivity contribution is 0.933. The van der Waals surface area contributed by atoms with E-state index in [1.54, 1.807) is 11.3 Å². The van der Waals surface area contributed by atoms with Crippen LogP contribution in [-0.4, -0.2) is 9.97 Å². The lowest BCUT2D eigenvalue weighted by Gasteiger charge is -2.43. The first-order chi connectivity index (χ1) is 27.8. The second-order valence-electron chi connectivity index (χ2n) is 12.5. The number of nitrogens with zero attached hydrogens (tertiary/aromatic N) is 4. The summed E-state index contributed by atoms with van der Waals surface area (Å²) in [6.07, 6.45) is 0. The van der Waals surface area contributed by atoms with Gasteiger partial charge in [-0.1, -0.05) is 139 Å². The molecule has 0 atom stereocenters. The van der Waals surface area contributed by atoms with E-state index in [2.05, 4.69) is 48.5 Å². The Hall–Kier alpha value is -6.56. The Bertz CT molecular complexity index is 3320. The van der Waals surface area contributed by atoms with E-state index in [0.717, 1.165) is 58.5 Å². The van der Waals surface area contributed by atoms with Crippen molar-refractivity contribution in [1.29, 1.82) is 0 Å². The summed E-state index contributed by atoms with van der Waals surface area (Å²) in [4.78, 5) is 10.5. The van der Waals surface area contributed by atoms with Crippen LogP contribution >= 0.6 is 11.3 Å². The minimum absolute atomic E-state index is 0.000772. The van der Waals surface area contributed by atoms with Gasteiger partial charge < -0.3 is 0 Å². The van der Waals surface area contributed by atoms with Crippen molar-refractivity contribution in [3.8, 4) is 22.4 Å². The molecule has 0 N–H and O–H groups in total. The number of hydrogen-bond donors (Lipinski definition) is 0. The molecule has 0 unspecified atom stereocenters. The molecule has 0 saturated heterocycles. The highest BCUT2D eigenvalue weighted by molar-refractivity contribution is 7.26. The molecule has 1 aliphatic rings. The molecule has 3 heterocycles. The summed E-state index contributed by atoms with van der Waals surface area (Å²) >= 11 is 1.66. The third kappa shape index (κ3) is 4.13. The lowest BCUT2D eigenvalue weighted by Crippen LogP contribution is -2.40. The molecular formula is C46H28N4S. The Morgan fingerprint density at radius 2 is 1.20 bits per heavy atom. The Balaban J connectivity index is 1.38. The van der Waals surface area contributed by atoms with E-state index in [1.165, 1.54) is 24.3 Å². The zero-order valence-corrected chi connectivity index (χ0v) is 27.7. The molecular weight excluding hydrogens is 641 g/mol. The van der Waals surface area contributed by atoms with Gasteiger partial charge in [-0.25, -0.2) is 20.0 Å². The summed E-state index contributed by atoms with van der Waals surface area (Å²) in [7, 11) is 0. The minimum atomic E-state index is -0.0117. The average Bonchev–Trinajstić information content (AvgIpc) is 3.60. The van der Waals surface area contributed by atoms with Gasteiger partial charge in [0.25, 0.3) is 5.95 Å². The van der Waals surface area contributed by atoms with E-state index in [-0.39, 0.29) is 53.5 Å². The number of anilines is 4. The van der Waals surface area contributed by atoms with Crippen molar-refractivity contribution in [2.75, 3.05) is 10.0 Å². The topological polar surface area (TPSA) is 32.3 Å². The molecule has 0 spiro atoms. The lowest BCUT2D eigenvalue weighted by atomic mass is 9.87. The molecule has 51 heavy (non-hydrogen) atoms. The first-order valence-corrected chi connectivity index (χ1v) is 17.5. The number of fused-ring (bicyclic) bond motifs is 13. The molecule has 0 bridgehead atoms. The van der Waals surface area contributed by atoms with Crippen LogP contribution in [0.4, 0.5) is 23.0 Å². The van der Waals surface area contributed by atoms with Crippen LogP contribution in [0.3, 0.4) is 0 Å². The number of rotatable bonds is 3. The Morgan fingerprint density at radius 1 is 0.529 bits per heavy atom. The summed E-state index contributed by atoms with van der Waals surface area (Å²) in [5, 5.41) is 10.7. The van der Waals surface area contributed by atoms with Gasteiger partial charge >= 0.3 is 0 Å². The summed E-state index contributed by atoms with van der Waals surface area (Å²) in [5.41, 5.74) is 4.79. The molecule has 4 nitrogen and oxygen atoms in total. The van der Waals surface area contributed by atoms with Gasteiger partial charge in [0.1, 0.15) is 0 Å². The van der Waals surface area contributed by atoms with E-state index in [4.69, 9.17) is 15.5 Å². The van der Waals surface area contributed by atoms with Crippen molar-refractivity contribution in [2.24, 2.45) is 0 Å². The van der Waals surface area contributed by atoms with Gasteiger partial charge in [-0.3, -0.25) is 0 Å². The summed E-state index contributed by atoms with van der Waals surface area (Å²) in [5.74, 6) is 0.209. The predicted octanol–water partition coefficient (Wildman–Crippen LogP) is 12.8. The molecule has 11 rings (SSSR count). The van der Waals surface area contributed by atoms with E-state index in [1.807, 2.05) is 70.7 Å². The maximum absolute atomic E-state index is 9.38. The van der Waals surface area contributed by atoms with Crippen LogP contribution in [-0.2, 0) is 0 Å². The smallest absolute Gasteiger partial charge is 0.246 e. The highest BCUT2D eigenvalue weighted by Crippen LogP contribution is 2.58. The average molecular weight is 675 g/mol. The fourth-order valence-corrected chi connectivity index (χ4v) is 8.89. The molecule has 5 heteroatoms. The summed E-state index contributed by atoms with van der Waals surface area (Å²) in [6, 6.07) is 42.4. The molecule has 0 radical (unpaired) electrons. The third-order valence-electron chi connectivity index (χ3n) is 9.72. The standard InChI is InChI=1S/C46H28N4S/c1-3-16-30(17-4-1)43-35-23-11-13-25-37(35)47-46(48-43)50-44-42(34-22-10-9-21-33(34)40-36-24-12-14-26-39(36)51-45(40)44)41-32-20-8-7-15-29(32)27-28-38(41)49(50)31-18-5-2-6-19-31/h1-28H/i1D,2D,16D,17D,18D,19D. The maximum Gasteiger partial charge on any atom is 0.251 e. The van der Waals surface area contributed by atoms with Crippen molar-refractivity contribution >= 4 is 87.0 Å². The van der Waals surface area contributed by atoms with Crippen molar-refractivity contribution < 1.29 is 8.22 Å². The van der Waals surface area contributed by atoms with E-state index in [0.29, 0.717) is 22.3 Å². The second-order valence-corrected chi connectivity index (χ2v) is 13.5. The zero-order chi connectivity index (χ0) is 38.7. The van der Waals surface area contributed by atoms with Gasteiger partial charge in [0.2, 0.25) is 0 Å². The Morgan fingerprint density at radius 3 is 2.02 bits per heavy atom. The van der Waals surface area contributed by atoms with Crippen LogP contribution in [0.2, 0.25) is 0 Å². The summed E-state index contributed by atoms with van der Waals surface area (Å²) in [6.45, 7) is 0. The van der Waals surface area contributed by atoms with Crippen molar-refractivity contribution in [3.05, 3.63) is 170 Å². The van der Waals surface area contributed by atoms with Gasteiger partial charge in [-0.05, 0) is 51.8 Å². The van der Waals surface area contributed by atoms with E-state index in [9.17, 15) is 2.74 Å². The van der Waals surface area contributed by atoms with E-state index >= 15 is 0 Å². The molecule has 238 valence electrons. The van der Waals surface area contributed by atoms with Crippen LogP contribution in [0.25, 0.3) is 75.0 Å². The quantitative estimate of drug-likeness (QED) is 0.187. The normalized spacial score (nSPS) is 14.3. The van der Waals surface area contributed by atoms with Crippen LogP contribution in [0, 0.1) is 0 Å². The van der Waals surface area contributed by atoms with Crippen molar-refractivity contribution in [3.63, 3.8) is 0 Å². The van der Waals surface area contributed by atoms with Crippen LogP contribution < -0.4 is 10.0 Å². The number of aromatic nitrogens is 2. The maximum atomic E-state index is 9.38. The Labute approximate surface area is 306 Å². The molecule has 0 fully saturated rings. The van der Waals surface area contributed by atoms with Crippen molar-refractivity contribution in [2.45, 2.75) is 0 Å². The van der Waals surface area contributed by atoms with Crippen LogP contribution in [0.1, 0.15) is 8.22 Å². The zero-order valence-electron chi connectivity index (χ0n) is 32.9. The number of thiophene rings is 1. The molecule has 2 aromatic heterocycles.